The highest BCUT2D eigenvalue weighted by atomic mass is 16.5. The van der Waals surface area contributed by atoms with E-state index in [-0.39, 0.29) is 0 Å². The zero-order valence-electron chi connectivity index (χ0n) is 12.7. The summed E-state index contributed by atoms with van der Waals surface area (Å²) < 4.78 is 16.0. The highest BCUT2D eigenvalue weighted by Gasteiger charge is 2.12. The molecule has 5 nitrogen and oxygen atoms in total. The van der Waals surface area contributed by atoms with E-state index in [2.05, 4.69) is 4.98 Å². The second kappa shape index (κ2) is 8.02. The van der Waals surface area contributed by atoms with Crippen LogP contribution in [-0.4, -0.2) is 24.2 Å². The fourth-order valence-corrected chi connectivity index (χ4v) is 1.84. The highest BCUT2D eigenvalue weighted by Crippen LogP contribution is 2.20. The van der Waals surface area contributed by atoms with Crippen molar-refractivity contribution in [1.82, 2.24) is 4.98 Å². The van der Waals surface area contributed by atoms with Crippen molar-refractivity contribution in [2.45, 2.75) is 20.5 Å². The first kappa shape index (κ1) is 15.8. The SMILES string of the molecule is CCOC(=O)c1cc(OCC)nc(OCc2ccccc2)c1. The Morgan fingerprint density at radius 1 is 1.00 bits per heavy atom. The van der Waals surface area contributed by atoms with Crippen molar-refractivity contribution in [3.8, 4) is 11.8 Å². The number of benzene rings is 1. The second-order valence-electron chi connectivity index (χ2n) is 4.46. The molecule has 0 N–H and O–H groups in total. The van der Waals surface area contributed by atoms with Crippen molar-refractivity contribution < 1.29 is 19.0 Å². The number of rotatable bonds is 7. The Kier molecular flexibility index (Phi) is 5.77. The molecule has 0 saturated carbocycles. The molecule has 1 aromatic heterocycles. The number of hydrogen-bond acceptors (Lipinski definition) is 5. The molecule has 5 heteroatoms. The van der Waals surface area contributed by atoms with Gasteiger partial charge in [0.05, 0.1) is 18.8 Å². The quantitative estimate of drug-likeness (QED) is 0.735. The van der Waals surface area contributed by atoms with Crippen LogP contribution in [0.4, 0.5) is 0 Å². The summed E-state index contributed by atoms with van der Waals surface area (Å²) in [5.74, 6) is 0.254. The standard InChI is InChI=1S/C17H19NO4/c1-3-20-15-10-14(17(19)21-4-2)11-16(18-15)22-12-13-8-6-5-7-9-13/h5-11H,3-4,12H2,1-2H3. The van der Waals surface area contributed by atoms with Gasteiger partial charge in [0.25, 0.3) is 0 Å². The largest absolute Gasteiger partial charge is 0.478 e. The predicted molar refractivity (Wildman–Crippen MR) is 82.1 cm³/mol. The van der Waals surface area contributed by atoms with Crippen molar-refractivity contribution in [3.63, 3.8) is 0 Å². The van der Waals surface area contributed by atoms with E-state index in [1.165, 1.54) is 0 Å². The van der Waals surface area contributed by atoms with E-state index < -0.39 is 5.97 Å². The summed E-state index contributed by atoms with van der Waals surface area (Å²) in [6.07, 6.45) is 0. The third kappa shape index (κ3) is 4.48. The van der Waals surface area contributed by atoms with Crippen LogP contribution in [0.2, 0.25) is 0 Å². The van der Waals surface area contributed by atoms with Gasteiger partial charge in [-0.25, -0.2) is 4.79 Å². The van der Waals surface area contributed by atoms with Gasteiger partial charge in [0, 0.05) is 12.1 Å². The zero-order valence-corrected chi connectivity index (χ0v) is 12.7. The molecule has 116 valence electrons. The fraction of sp³-hybridized carbons (Fsp3) is 0.294. The predicted octanol–water partition coefficient (Wildman–Crippen LogP) is 3.24. The molecular weight excluding hydrogens is 282 g/mol. The molecule has 0 saturated heterocycles. The van der Waals surface area contributed by atoms with Gasteiger partial charge in [-0.3, -0.25) is 0 Å². The van der Waals surface area contributed by atoms with Gasteiger partial charge in [0.2, 0.25) is 11.8 Å². The molecule has 1 aromatic carbocycles. The topological polar surface area (TPSA) is 57.7 Å². The maximum absolute atomic E-state index is 11.9. The number of hydrogen-bond donors (Lipinski definition) is 0. The second-order valence-corrected chi connectivity index (χ2v) is 4.46. The number of carbonyl (C=O) groups excluding carboxylic acids is 1. The Hall–Kier alpha value is -2.56. The summed E-state index contributed by atoms with van der Waals surface area (Å²) >= 11 is 0. The highest BCUT2D eigenvalue weighted by molar-refractivity contribution is 5.90. The van der Waals surface area contributed by atoms with Crippen LogP contribution in [0.3, 0.4) is 0 Å². The lowest BCUT2D eigenvalue weighted by Crippen LogP contribution is -2.07. The monoisotopic (exact) mass is 301 g/mol. The van der Waals surface area contributed by atoms with E-state index in [4.69, 9.17) is 14.2 Å². The third-order valence-corrected chi connectivity index (χ3v) is 2.81. The van der Waals surface area contributed by atoms with Crippen LogP contribution < -0.4 is 9.47 Å². The Morgan fingerprint density at radius 2 is 1.68 bits per heavy atom. The van der Waals surface area contributed by atoms with Gasteiger partial charge < -0.3 is 14.2 Å². The summed E-state index contributed by atoms with van der Waals surface area (Å²) in [7, 11) is 0. The third-order valence-electron chi connectivity index (χ3n) is 2.81. The molecule has 0 atom stereocenters. The normalized spacial score (nSPS) is 10.1. The zero-order chi connectivity index (χ0) is 15.8. The summed E-state index contributed by atoms with van der Waals surface area (Å²) in [5, 5.41) is 0. The first-order valence-electron chi connectivity index (χ1n) is 7.21. The van der Waals surface area contributed by atoms with Crippen LogP contribution in [0.25, 0.3) is 0 Å². The number of pyridine rings is 1. The minimum Gasteiger partial charge on any atom is -0.478 e. The van der Waals surface area contributed by atoms with Gasteiger partial charge in [-0.05, 0) is 19.4 Å². The number of nitrogens with zero attached hydrogens (tertiary/aromatic N) is 1. The molecule has 0 bridgehead atoms. The molecule has 0 spiro atoms. The molecule has 0 amide bonds. The first-order valence-corrected chi connectivity index (χ1v) is 7.21. The van der Waals surface area contributed by atoms with Gasteiger partial charge in [-0.15, -0.1) is 0 Å². The maximum atomic E-state index is 11.9. The molecule has 0 radical (unpaired) electrons. The van der Waals surface area contributed by atoms with Gasteiger partial charge >= 0.3 is 5.97 Å². The molecule has 1 heterocycles. The lowest BCUT2D eigenvalue weighted by molar-refractivity contribution is 0.0525. The number of ether oxygens (including phenoxy) is 3. The van der Waals surface area contributed by atoms with Crippen LogP contribution >= 0.6 is 0 Å². The van der Waals surface area contributed by atoms with E-state index in [9.17, 15) is 4.79 Å². The van der Waals surface area contributed by atoms with Gasteiger partial charge in [0.1, 0.15) is 6.61 Å². The molecule has 22 heavy (non-hydrogen) atoms. The number of esters is 1. The Labute approximate surface area is 129 Å². The molecule has 2 aromatic rings. The maximum Gasteiger partial charge on any atom is 0.338 e. The van der Waals surface area contributed by atoms with E-state index in [1.807, 2.05) is 37.3 Å². The summed E-state index contributed by atoms with van der Waals surface area (Å²) in [6.45, 7) is 4.74. The minimum atomic E-state index is -0.421. The fourth-order valence-electron chi connectivity index (χ4n) is 1.84. The Bertz CT molecular complexity index is 613. The lowest BCUT2D eigenvalue weighted by atomic mass is 10.2. The van der Waals surface area contributed by atoms with Crippen LogP contribution in [0.1, 0.15) is 29.8 Å². The van der Waals surface area contributed by atoms with E-state index >= 15 is 0 Å². The van der Waals surface area contributed by atoms with Crippen molar-refractivity contribution >= 4 is 5.97 Å². The number of carbonyl (C=O) groups is 1. The molecule has 0 aliphatic heterocycles. The summed E-state index contributed by atoms with van der Waals surface area (Å²) in [4.78, 5) is 16.1. The molecule has 0 aliphatic rings. The van der Waals surface area contributed by atoms with Gasteiger partial charge in [-0.1, -0.05) is 30.3 Å². The minimum absolute atomic E-state index is 0.311. The molecule has 0 fully saturated rings. The molecule has 0 unspecified atom stereocenters. The van der Waals surface area contributed by atoms with Gasteiger partial charge in [0.15, 0.2) is 0 Å². The van der Waals surface area contributed by atoms with Crippen LogP contribution in [-0.2, 0) is 11.3 Å². The summed E-state index contributed by atoms with van der Waals surface area (Å²) in [6, 6.07) is 12.8. The average Bonchev–Trinajstić information content (AvgIpc) is 2.54. The van der Waals surface area contributed by atoms with Crippen molar-refractivity contribution in [3.05, 3.63) is 53.6 Å². The van der Waals surface area contributed by atoms with E-state index in [0.29, 0.717) is 37.1 Å². The lowest BCUT2D eigenvalue weighted by Gasteiger charge is -2.10. The van der Waals surface area contributed by atoms with Crippen molar-refractivity contribution in [1.29, 1.82) is 0 Å². The average molecular weight is 301 g/mol. The Morgan fingerprint density at radius 3 is 2.32 bits per heavy atom. The van der Waals surface area contributed by atoms with Crippen molar-refractivity contribution in [2.24, 2.45) is 0 Å². The number of aromatic nitrogens is 1. The Balaban J connectivity index is 2.16. The van der Waals surface area contributed by atoms with Gasteiger partial charge in [-0.2, -0.15) is 4.98 Å². The smallest absolute Gasteiger partial charge is 0.338 e. The molecule has 0 aliphatic carbocycles. The summed E-state index contributed by atoms with van der Waals surface area (Å²) in [5.41, 5.74) is 1.38. The first-order chi connectivity index (χ1) is 10.7. The van der Waals surface area contributed by atoms with Crippen LogP contribution in [0, 0.1) is 0 Å². The van der Waals surface area contributed by atoms with Crippen molar-refractivity contribution in [2.75, 3.05) is 13.2 Å². The molecule has 2 rings (SSSR count). The van der Waals surface area contributed by atoms with E-state index in [1.54, 1.807) is 19.1 Å². The van der Waals surface area contributed by atoms with Crippen LogP contribution in [0.15, 0.2) is 42.5 Å². The van der Waals surface area contributed by atoms with E-state index in [0.717, 1.165) is 5.56 Å². The molecular formula is C17H19NO4. The van der Waals surface area contributed by atoms with Crippen LogP contribution in [0.5, 0.6) is 11.8 Å².